The first kappa shape index (κ1) is 19.2. The maximum atomic E-state index is 11.2. The molecule has 0 bridgehead atoms. The van der Waals surface area contributed by atoms with E-state index in [9.17, 15) is 4.79 Å². The van der Waals surface area contributed by atoms with Gasteiger partial charge in [0.2, 0.25) is 11.9 Å². The van der Waals surface area contributed by atoms with Gasteiger partial charge in [-0.15, -0.1) is 0 Å². The summed E-state index contributed by atoms with van der Waals surface area (Å²) in [4.78, 5) is 15.2. The minimum atomic E-state index is -0.166. The fourth-order valence-electron chi connectivity index (χ4n) is 2.85. The Bertz CT molecular complexity index is 1110. The molecule has 0 radical (unpaired) electrons. The summed E-state index contributed by atoms with van der Waals surface area (Å²) in [6.45, 7) is 0.590. The van der Waals surface area contributed by atoms with Crippen LogP contribution in [0.1, 0.15) is 11.1 Å². The quantitative estimate of drug-likeness (QED) is 0.484. The minimum Gasteiger partial charge on any atom is -0.294 e. The number of aromatic nitrogens is 2. The van der Waals surface area contributed by atoms with Crippen LogP contribution >= 0.6 is 23.2 Å². The Hall–Kier alpha value is -3.16. The van der Waals surface area contributed by atoms with Gasteiger partial charge in [0.05, 0.1) is 12.8 Å². The number of amides is 1. The predicted molar refractivity (Wildman–Crippen MR) is 114 cm³/mol. The van der Waals surface area contributed by atoms with Gasteiger partial charge in [0.15, 0.2) is 0 Å². The number of carbonyl (C=O) groups is 1. The van der Waals surface area contributed by atoms with Crippen LogP contribution < -0.4 is 10.7 Å². The van der Waals surface area contributed by atoms with Crippen LogP contribution in [0.5, 0.6) is 0 Å². The average molecular weight is 427 g/mol. The predicted octanol–water partition coefficient (Wildman–Crippen LogP) is 3.31. The normalized spacial score (nSPS) is 13.6. The van der Waals surface area contributed by atoms with Crippen LogP contribution in [0, 0.1) is 0 Å². The molecular formula is C20H16Cl2N6O. The van der Waals surface area contributed by atoms with Crippen LogP contribution in [0.2, 0.25) is 10.0 Å². The molecule has 1 aliphatic rings. The highest BCUT2D eigenvalue weighted by Crippen LogP contribution is 2.24. The molecule has 2 N–H and O–H groups in total. The molecule has 0 unspecified atom stereocenters. The number of halogens is 2. The number of rotatable bonds is 5. The van der Waals surface area contributed by atoms with E-state index in [1.54, 1.807) is 23.0 Å². The van der Waals surface area contributed by atoms with Crippen molar-refractivity contribution in [2.75, 3.05) is 6.54 Å². The second-order valence-electron chi connectivity index (χ2n) is 6.32. The maximum absolute atomic E-state index is 11.2. The van der Waals surface area contributed by atoms with E-state index in [0.29, 0.717) is 22.5 Å². The fraction of sp³-hybridized carbons (Fsp3) is 0.100. The Morgan fingerprint density at radius 1 is 1.21 bits per heavy atom. The van der Waals surface area contributed by atoms with E-state index in [4.69, 9.17) is 28.3 Å². The molecule has 146 valence electrons. The second kappa shape index (κ2) is 8.46. The summed E-state index contributed by atoms with van der Waals surface area (Å²) in [5.74, 6) is 0.160. The SMILES string of the molecule is O=C1CN=C(N/N=C\c2cn(Cc3ccc(Cl)cc3Cl)nc2-c2ccccc2)N1. The minimum absolute atomic E-state index is 0.104. The van der Waals surface area contributed by atoms with Crippen molar-refractivity contribution in [3.05, 3.63) is 75.9 Å². The van der Waals surface area contributed by atoms with Crippen molar-refractivity contribution < 1.29 is 4.79 Å². The maximum Gasteiger partial charge on any atom is 0.248 e. The lowest BCUT2D eigenvalue weighted by atomic mass is 10.1. The van der Waals surface area contributed by atoms with Crippen molar-refractivity contribution in [1.82, 2.24) is 20.5 Å². The van der Waals surface area contributed by atoms with Gasteiger partial charge in [0.1, 0.15) is 12.2 Å². The third-order valence-electron chi connectivity index (χ3n) is 4.20. The van der Waals surface area contributed by atoms with Crippen molar-refractivity contribution >= 4 is 41.3 Å². The Labute approximate surface area is 177 Å². The Morgan fingerprint density at radius 2 is 2.03 bits per heavy atom. The number of benzene rings is 2. The Morgan fingerprint density at radius 3 is 2.76 bits per heavy atom. The van der Waals surface area contributed by atoms with E-state index in [1.165, 1.54) is 0 Å². The van der Waals surface area contributed by atoms with Gasteiger partial charge >= 0.3 is 0 Å². The van der Waals surface area contributed by atoms with Gasteiger partial charge in [0.25, 0.3) is 0 Å². The first-order valence-corrected chi connectivity index (χ1v) is 9.54. The largest absolute Gasteiger partial charge is 0.294 e. The second-order valence-corrected chi connectivity index (χ2v) is 7.16. The van der Waals surface area contributed by atoms with Crippen molar-refractivity contribution in [3.8, 4) is 11.3 Å². The molecule has 29 heavy (non-hydrogen) atoms. The van der Waals surface area contributed by atoms with Crippen molar-refractivity contribution in [2.24, 2.45) is 10.1 Å². The molecule has 7 nitrogen and oxygen atoms in total. The number of hydrogen-bond acceptors (Lipinski definition) is 5. The molecule has 0 saturated heterocycles. The van der Waals surface area contributed by atoms with Gasteiger partial charge in [-0.25, -0.2) is 10.4 Å². The van der Waals surface area contributed by atoms with Crippen LogP contribution in [0.15, 0.2) is 64.8 Å². The molecule has 0 spiro atoms. The van der Waals surface area contributed by atoms with Gasteiger partial charge in [-0.05, 0) is 17.7 Å². The van der Waals surface area contributed by atoms with Gasteiger partial charge in [0, 0.05) is 27.4 Å². The molecule has 0 saturated carbocycles. The van der Waals surface area contributed by atoms with E-state index in [2.05, 4.69) is 20.8 Å². The van der Waals surface area contributed by atoms with Crippen LogP contribution in [0.4, 0.5) is 0 Å². The summed E-state index contributed by atoms with van der Waals surface area (Å²) in [5.41, 5.74) is 6.17. The molecule has 2 aromatic carbocycles. The highest BCUT2D eigenvalue weighted by molar-refractivity contribution is 6.35. The van der Waals surface area contributed by atoms with Crippen molar-refractivity contribution in [3.63, 3.8) is 0 Å². The molecule has 1 aliphatic heterocycles. The Kier molecular flexibility index (Phi) is 5.59. The number of hydrazone groups is 1. The smallest absolute Gasteiger partial charge is 0.248 e. The average Bonchev–Trinajstić information content (AvgIpc) is 3.31. The molecule has 2 heterocycles. The highest BCUT2D eigenvalue weighted by atomic mass is 35.5. The lowest BCUT2D eigenvalue weighted by Gasteiger charge is -2.05. The van der Waals surface area contributed by atoms with Gasteiger partial charge in [-0.1, -0.05) is 59.6 Å². The summed E-state index contributed by atoms with van der Waals surface area (Å²) in [6.07, 6.45) is 3.52. The highest BCUT2D eigenvalue weighted by Gasteiger charge is 2.13. The van der Waals surface area contributed by atoms with Crippen molar-refractivity contribution in [1.29, 1.82) is 0 Å². The first-order chi connectivity index (χ1) is 14.1. The van der Waals surface area contributed by atoms with Gasteiger partial charge in [-0.3, -0.25) is 14.8 Å². The van der Waals surface area contributed by atoms with E-state index in [0.717, 1.165) is 22.4 Å². The Balaban J connectivity index is 1.61. The van der Waals surface area contributed by atoms with Gasteiger partial charge in [-0.2, -0.15) is 10.2 Å². The molecule has 1 aromatic heterocycles. The van der Waals surface area contributed by atoms with Crippen LogP contribution in [-0.4, -0.2) is 34.4 Å². The third-order valence-corrected chi connectivity index (χ3v) is 4.78. The summed E-state index contributed by atoms with van der Waals surface area (Å²) in [5, 5.41) is 12.6. The molecule has 0 atom stereocenters. The summed E-state index contributed by atoms with van der Waals surface area (Å²) >= 11 is 12.3. The number of hydrogen-bond donors (Lipinski definition) is 2. The van der Waals surface area contributed by atoms with E-state index < -0.39 is 0 Å². The standard InChI is InChI=1S/C20H16Cl2N6O/c21-16-7-6-14(17(22)8-16)11-28-12-15(9-24-26-20-23-10-18(29)25-20)19(27-28)13-4-2-1-3-5-13/h1-9,12H,10-11H2,(H2,23,25,26,29)/b24-9-. The zero-order chi connectivity index (χ0) is 20.2. The third kappa shape index (κ3) is 4.64. The first-order valence-electron chi connectivity index (χ1n) is 8.78. The number of guanidine groups is 1. The van der Waals surface area contributed by atoms with Crippen LogP contribution in [0.25, 0.3) is 11.3 Å². The fourth-order valence-corrected chi connectivity index (χ4v) is 3.31. The molecule has 0 aliphatic carbocycles. The number of nitrogens with one attached hydrogen (secondary N) is 2. The monoisotopic (exact) mass is 426 g/mol. The molecular weight excluding hydrogens is 411 g/mol. The molecule has 1 amide bonds. The summed E-state index contributed by atoms with van der Waals surface area (Å²) < 4.78 is 1.80. The molecule has 0 fully saturated rings. The van der Waals surface area contributed by atoms with E-state index in [1.807, 2.05) is 42.6 Å². The lowest BCUT2D eigenvalue weighted by Crippen LogP contribution is -2.33. The van der Waals surface area contributed by atoms with Crippen molar-refractivity contribution in [2.45, 2.75) is 6.54 Å². The zero-order valence-corrected chi connectivity index (χ0v) is 16.7. The summed E-state index contributed by atoms with van der Waals surface area (Å²) in [6, 6.07) is 15.2. The number of carbonyl (C=O) groups excluding carboxylic acids is 1. The number of nitrogens with zero attached hydrogens (tertiary/aromatic N) is 4. The van der Waals surface area contributed by atoms with E-state index >= 15 is 0 Å². The molecule has 9 heteroatoms. The lowest BCUT2D eigenvalue weighted by molar-refractivity contribution is -0.117. The van der Waals surface area contributed by atoms with Crippen LogP contribution in [0.3, 0.4) is 0 Å². The zero-order valence-electron chi connectivity index (χ0n) is 15.1. The van der Waals surface area contributed by atoms with Gasteiger partial charge < -0.3 is 0 Å². The summed E-state index contributed by atoms with van der Waals surface area (Å²) in [7, 11) is 0. The van der Waals surface area contributed by atoms with Crippen LogP contribution in [-0.2, 0) is 11.3 Å². The molecule has 3 aromatic rings. The topological polar surface area (TPSA) is 83.7 Å². The van der Waals surface area contributed by atoms with E-state index in [-0.39, 0.29) is 12.5 Å². The number of aliphatic imine (C=N–C) groups is 1. The molecule has 4 rings (SSSR count).